The first-order valence-corrected chi connectivity index (χ1v) is 11.6. The van der Waals surface area contributed by atoms with Gasteiger partial charge in [0.1, 0.15) is 0 Å². The second-order valence-electron chi connectivity index (χ2n) is 7.26. The molecule has 1 aromatic carbocycles. The van der Waals surface area contributed by atoms with Crippen LogP contribution >= 0.6 is 35.0 Å². The first-order chi connectivity index (χ1) is 13.5. The lowest BCUT2D eigenvalue weighted by Gasteiger charge is -2.25. The van der Waals surface area contributed by atoms with E-state index in [4.69, 9.17) is 23.2 Å². The number of hydrogen-bond donors (Lipinski definition) is 1. The first kappa shape index (κ1) is 21.5. The molecule has 1 aromatic heterocycles. The molecule has 1 aliphatic carbocycles. The zero-order valence-electron chi connectivity index (χ0n) is 16.3. The molecule has 152 valence electrons. The largest absolute Gasteiger partial charge is 0.353 e. The van der Waals surface area contributed by atoms with Gasteiger partial charge in [0.05, 0.1) is 10.8 Å². The molecule has 3 rings (SSSR count). The minimum atomic E-state index is 0.0172. The molecular formula is C20H26Cl2N4OS. The van der Waals surface area contributed by atoms with E-state index in [2.05, 4.69) is 27.0 Å². The first-order valence-electron chi connectivity index (χ1n) is 9.82. The van der Waals surface area contributed by atoms with Gasteiger partial charge in [0, 0.05) is 22.7 Å². The van der Waals surface area contributed by atoms with Crippen LogP contribution in [0.2, 0.25) is 10.0 Å². The van der Waals surface area contributed by atoms with E-state index in [1.165, 1.54) is 31.0 Å². The maximum absolute atomic E-state index is 12.2. The number of carbonyl (C=O) groups is 1. The lowest BCUT2D eigenvalue weighted by molar-refractivity contribution is -0.119. The van der Waals surface area contributed by atoms with E-state index in [1.807, 2.05) is 19.1 Å². The van der Waals surface area contributed by atoms with Crippen molar-refractivity contribution < 1.29 is 4.79 Å². The average molecular weight is 441 g/mol. The van der Waals surface area contributed by atoms with Crippen LogP contribution in [0.5, 0.6) is 0 Å². The topological polar surface area (TPSA) is 59.8 Å². The van der Waals surface area contributed by atoms with Crippen LogP contribution in [-0.4, -0.2) is 32.5 Å². The molecule has 5 nitrogen and oxygen atoms in total. The second-order valence-corrected chi connectivity index (χ2v) is 9.04. The monoisotopic (exact) mass is 440 g/mol. The van der Waals surface area contributed by atoms with Crippen molar-refractivity contribution in [3.05, 3.63) is 28.2 Å². The molecule has 28 heavy (non-hydrogen) atoms. The highest BCUT2D eigenvalue weighted by Gasteiger charge is 2.25. The number of benzene rings is 1. The summed E-state index contributed by atoms with van der Waals surface area (Å²) in [5, 5.41) is 13.8. The molecule has 1 saturated carbocycles. The molecule has 1 heterocycles. The van der Waals surface area contributed by atoms with Crippen LogP contribution in [0.3, 0.4) is 0 Å². The van der Waals surface area contributed by atoms with Crippen molar-refractivity contribution in [2.75, 3.05) is 5.75 Å². The van der Waals surface area contributed by atoms with Crippen molar-refractivity contribution in [3.63, 3.8) is 0 Å². The Labute approximate surface area is 180 Å². The lowest BCUT2D eigenvalue weighted by Crippen LogP contribution is -2.33. The summed E-state index contributed by atoms with van der Waals surface area (Å²) in [5.41, 5.74) is 0.819. The standard InChI is InChI=1S/C20H26Cl2N4OS/c1-3-13(2)23-18(27)12-28-20-25-24-19(16-10-9-14(21)11-17(16)22)26(20)15-7-5-4-6-8-15/h9-11,13,15H,3-8,12H2,1-2H3,(H,23,27). The fourth-order valence-corrected chi connectivity index (χ4v) is 4.76. The van der Waals surface area contributed by atoms with Gasteiger partial charge in [-0.05, 0) is 44.4 Å². The smallest absolute Gasteiger partial charge is 0.230 e. The van der Waals surface area contributed by atoms with Gasteiger partial charge in [0.15, 0.2) is 11.0 Å². The predicted octanol–water partition coefficient (Wildman–Crippen LogP) is 5.76. The van der Waals surface area contributed by atoms with Gasteiger partial charge < -0.3 is 5.32 Å². The van der Waals surface area contributed by atoms with Crippen molar-refractivity contribution in [1.29, 1.82) is 0 Å². The van der Waals surface area contributed by atoms with Crippen molar-refractivity contribution in [1.82, 2.24) is 20.1 Å². The number of aromatic nitrogens is 3. The third-order valence-corrected chi connectivity index (χ3v) is 6.62. The molecule has 1 amide bonds. The quantitative estimate of drug-likeness (QED) is 0.555. The summed E-state index contributed by atoms with van der Waals surface area (Å²) < 4.78 is 2.18. The number of nitrogens with one attached hydrogen (secondary N) is 1. The molecule has 0 radical (unpaired) electrons. The third kappa shape index (κ3) is 5.22. The summed E-state index contributed by atoms with van der Waals surface area (Å²) in [6.07, 6.45) is 6.72. The molecule has 1 aliphatic rings. The summed E-state index contributed by atoms with van der Waals surface area (Å²) in [4.78, 5) is 12.2. The molecule has 1 atom stereocenters. The van der Waals surface area contributed by atoms with E-state index in [-0.39, 0.29) is 11.9 Å². The number of halogens is 2. The fraction of sp³-hybridized carbons (Fsp3) is 0.550. The van der Waals surface area contributed by atoms with Crippen LogP contribution in [0.25, 0.3) is 11.4 Å². The van der Waals surface area contributed by atoms with Crippen LogP contribution in [0, 0.1) is 0 Å². The molecule has 0 spiro atoms. The van der Waals surface area contributed by atoms with Gasteiger partial charge in [0.2, 0.25) is 5.91 Å². The van der Waals surface area contributed by atoms with E-state index in [0.717, 1.165) is 35.8 Å². The van der Waals surface area contributed by atoms with E-state index in [0.29, 0.717) is 21.8 Å². The van der Waals surface area contributed by atoms with E-state index in [1.54, 1.807) is 6.07 Å². The Morgan fingerprint density at radius 3 is 2.71 bits per heavy atom. The molecule has 1 fully saturated rings. The Morgan fingerprint density at radius 1 is 1.29 bits per heavy atom. The third-order valence-electron chi connectivity index (χ3n) is 5.13. The van der Waals surface area contributed by atoms with Gasteiger partial charge in [0.25, 0.3) is 0 Å². The summed E-state index contributed by atoms with van der Waals surface area (Å²) >= 11 is 13.9. The molecule has 8 heteroatoms. The maximum Gasteiger partial charge on any atom is 0.230 e. The van der Waals surface area contributed by atoms with Crippen molar-refractivity contribution >= 4 is 40.9 Å². The molecule has 1 unspecified atom stereocenters. The molecule has 0 saturated heterocycles. The van der Waals surface area contributed by atoms with Crippen molar-refractivity contribution in [3.8, 4) is 11.4 Å². The van der Waals surface area contributed by atoms with Crippen LogP contribution in [0.1, 0.15) is 58.4 Å². The Balaban J connectivity index is 1.87. The van der Waals surface area contributed by atoms with Crippen molar-refractivity contribution in [2.45, 2.75) is 69.6 Å². The molecule has 0 aliphatic heterocycles. The second kappa shape index (κ2) is 9.99. The summed E-state index contributed by atoms with van der Waals surface area (Å²) in [6, 6.07) is 5.93. The van der Waals surface area contributed by atoms with Crippen LogP contribution < -0.4 is 5.32 Å². The highest BCUT2D eigenvalue weighted by Crippen LogP contribution is 2.38. The van der Waals surface area contributed by atoms with Gasteiger partial charge in [-0.3, -0.25) is 9.36 Å². The van der Waals surface area contributed by atoms with Gasteiger partial charge in [-0.25, -0.2) is 0 Å². The van der Waals surface area contributed by atoms with Crippen LogP contribution in [0.15, 0.2) is 23.4 Å². The van der Waals surface area contributed by atoms with Crippen LogP contribution in [-0.2, 0) is 4.79 Å². The predicted molar refractivity (Wildman–Crippen MR) is 116 cm³/mol. The lowest BCUT2D eigenvalue weighted by atomic mass is 9.95. The number of hydrogen-bond acceptors (Lipinski definition) is 4. The van der Waals surface area contributed by atoms with E-state index < -0.39 is 0 Å². The average Bonchev–Trinajstić information content (AvgIpc) is 3.10. The normalized spacial score (nSPS) is 16.1. The number of amides is 1. The Kier molecular flexibility index (Phi) is 7.66. The number of nitrogens with zero attached hydrogens (tertiary/aromatic N) is 3. The van der Waals surface area contributed by atoms with Crippen LogP contribution in [0.4, 0.5) is 0 Å². The van der Waals surface area contributed by atoms with E-state index >= 15 is 0 Å². The van der Waals surface area contributed by atoms with Gasteiger partial charge in [-0.1, -0.05) is 61.1 Å². The van der Waals surface area contributed by atoms with Gasteiger partial charge >= 0.3 is 0 Å². The van der Waals surface area contributed by atoms with E-state index in [9.17, 15) is 4.79 Å². The van der Waals surface area contributed by atoms with Crippen molar-refractivity contribution in [2.24, 2.45) is 0 Å². The molecule has 2 aromatic rings. The molecule has 1 N–H and O–H groups in total. The van der Waals surface area contributed by atoms with Gasteiger partial charge in [-0.15, -0.1) is 10.2 Å². The highest BCUT2D eigenvalue weighted by molar-refractivity contribution is 7.99. The molecule has 0 bridgehead atoms. The zero-order chi connectivity index (χ0) is 20.1. The fourth-order valence-electron chi connectivity index (χ4n) is 3.45. The minimum Gasteiger partial charge on any atom is -0.353 e. The van der Waals surface area contributed by atoms with Gasteiger partial charge in [-0.2, -0.15) is 0 Å². The number of thioether (sulfide) groups is 1. The zero-order valence-corrected chi connectivity index (χ0v) is 18.6. The Hall–Kier alpha value is -1.24. The Morgan fingerprint density at radius 2 is 2.04 bits per heavy atom. The summed E-state index contributed by atoms with van der Waals surface area (Å²) in [5.74, 6) is 1.09. The number of rotatable bonds is 7. The maximum atomic E-state index is 12.2. The minimum absolute atomic E-state index is 0.0172. The Bertz CT molecular complexity index is 821. The summed E-state index contributed by atoms with van der Waals surface area (Å²) in [6.45, 7) is 4.06. The molecular weight excluding hydrogens is 415 g/mol. The SMILES string of the molecule is CCC(C)NC(=O)CSc1nnc(-c2ccc(Cl)cc2Cl)n1C1CCCCC1. The highest BCUT2D eigenvalue weighted by atomic mass is 35.5. The summed E-state index contributed by atoms with van der Waals surface area (Å²) in [7, 11) is 0. The number of carbonyl (C=O) groups excluding carboxylic acids is 1.